The Morgan fingerprint density at radius 1 is 1.57 bits per heavy atom. The van der Waals surface area contributed by atoms with E-state index in [1.54, 1.807) is 0 Å². The van der Waals surface area contributed by atoms with Crippen molar-refractivity contribution >= 4 is 17.6 Å². The predicted molar refractivity (Wildman–Crippen MR) is 53.6 cm³/mol. The van der Waals surface area contributed by atoms with Gasteiger partial charge in [0, 0.05) is 17.4 Å². The third-order valence-corrected chi connectivity index (χ3v) is 3.42. The first kappa shape index (κ1) is 9.83. The van der Waals surface area contributed by atoms with Gasteiger partial charge in [0.1, 0.15) is 0 Å². The molecule has 0 saturated carbocycles. The highest BCUT2D eigenvalue weighted by Crippen LogP contribution is 2.37. The molecule has 0 aromatic carbocycles. The monoisotopic (exact) mass is 212 g/mol. The maximum atomic E-state index is 10.6. The molecular formula is C10H12O3S. The van der Waals surface area contributed by atoms with Gasteiger partial charge in [0.2, 0.25) is 5.79 Å². The van der Waals surface area contributed by atoms with E-state index < -0.39 is 5.79 Å². The Bertz CT molecular complexity index is 326. The van der Waals surface area contributed by atoms with Crippen molar-refractivity contribution in [2.75, 3.05) is 13.2 Å². The lowest BCUT2D eigenvalue weighted by Crippen LogP contribution is -2.24. The Hall–Kier alpha value is -0.710. The number of carbonyl (C=O) groups is 1. The largest absolute Gasteiger partial charge is 0.343 e. The number of aldehydes is 1. The minimum Gasteiger partial charge on any atom is -0.343 e. The SMILES string of the molecule is CCC1(c2cc(C=O)cs2)OCCO1. The summed E-state index contributed by atoms with van der Waals surface area (Å²) in [6.45, 7) is 3.27. The summed E-state index contributed by atoms with van der Waals surface area (Å²) in [6, 6.07) is 1.84. The maximum Gasteiger partial charge on any atom is 0.204 e. The summed E-state index contributed by atoms with van der Waals surface area (Å²) < 4.78 is 11.2. The van der Waals surface area contributed by atoms with Crippen LogP contribution in [0.2, 0.25) is 0 Å². The highest BCUT2D eigenvalue weighted by Gasteiger charge is 2.37. The molecule has 0 unspecified atom stereocenters. The van der Waals surface area contributed by atoms with Crippen molar-refractivity contribution in [1.29, 1.82) is 0 Å². The van der Waals surface area contributed by atoms with Crippen molar-refractivity contribution in [3.05, 3.63) is 21.9 Å². The van der Waals surface area contributed by atoms with Crippen molar-refractivity contribution in [3.63, 3.8) is 0 Å². The van der Waals surface area contributed by atoms with Crippen molar-refractivity contribution < 1.29 is 14.3 Å². The van der Waals surface area contributed by atoms with Gasteiger partial charge in [-0.2, -0.15) is 0 Å². The second-order valence-electron chi connectivity index (χ2n) is 3.17. The topological polar surface area (TPSA) is 35.5 Å². The number of hydrogen-bond donors (Lipinski definition) is 0. The molecule has 1 aromatic rings. The normalized spacial score (nSPS) is 19.8. The van der Waals surface area contributed by atoms with Gasteiger partial charge >= 0.3 is 0 Å². The van der Waals surface area contributed by atoms with Gasteiger partial charge in [0.15, 0.2) is 6.29 Å². The van der Waals surface area contributed by atoms with E-state index in [1.807, 2.05) is 18.4 Å². The van der Waals surface area contributed by atoms with E-state index in [0.29, 0.717) is 18.8 Å². The molecule has 1 aromatic heterocycles. The summed E-state index contributed by atoms with van der Waals surface area (Å²) in [6.07, 6.45) is 1.62. The van der Waals surface area contributed by atoms with Crippen LogP contribution in [0, 0.1) is 0 Å². The maximum absolute atomic E-state index is 10.6. The second kappa shape index (κ2) is 3.81. The van der Waals surface area contributed by atoms with Gasteiger partial charge in [-0.15, -0.1) is 11.3 Å². The van der Waals surface area contributed by atoms with Crippen LogP contribution in [0.1, 0.15) is 28.6 Å². The predicted octanol–water partition coefficient (Wildman–Crippen LogP) is 2.17. The molecule has 4 heteroatoms. The molecule has 0 atom stereocenters. The fraction of sp³-hybridized carbons (Fsp3) is 0.500. The summed E-state index contributed by atoms with van der Waals surface area (Å²) in [5.41, 5.74) is 0.692. The molecule has 1 aliphatic heterocycles. The van der Waals surface area contributed by atoms with Crippen molar-refractivity contribution in [1.82, 2.24) is 0 Å². The lowest BCUT2D eigenvalue weighted by molar-refractivity contribution is -0.164. The van der Waals surface area contributed by atoms with Crippen molar-refractivity contribution in [2.24, 2.45) is 0 Å². The molecule has 1 aliphatic rings. The average molecular weight is 212 g/mol. The van der Waals surface area contributed by atoms with Gasteiger partial charge in [-0.25, -0.2) is 0 Å². The second-order valence-corrected chi connectivity index (χ2v) is 4.08. The first-order valence-corrected chi connectivity index (χ1v) is 5.51. The molecule has 0 aliphatic carbocycles. The zero-order valence-corrected chi connectivity index (χ0v) is 8.80. The third kappa shape index (κ3) is 1.49. The quantitative estimate of drug-likeness (QED) is 0.720. The average Bonchev–Trinajstić information content (AvgIpc) is 2.87. The summed E-state index contributed by atoms with van der Waals surface area (Å²) in [5, 5.41) is 1.82. The van der Waals surface area contributed by atoms with E-state index in [-0.39, 0.29) is 0 Å². The van der Waals surface area contributed by atoms with Gasteiger partial charge in [-0.05, 0) is 6.07 Å². The fourth-order valence-electron chi connectivity index (χ4n) is 1.59. The number of ether oxygens (including phenoxy) is 2. The molecule has 76 valence electrons. The Balaban J connectivity index is 2.30. The Morgan fingerprint density at radius 3 is 2.79 bits per heavy atom. The molecule has 0 radical (unpaired) electrons. The van der Waals surface area contributed by atoms with E-state index in [2.05, 4.69) is 0 Å². The van der Waals surface area contributed by atoms with Gasteiger partial charge in [-0.3, -0.25) is 4.79 Å². The summed E-state index contributed by atoms with van der Waals surface area (Å²) in [7, 11) is 0. The van der Waals surface area contributed by atoms with E-state index in [4.69, 9.17) is 9.47 Å². The Labute approximate surface area is 86.6 Å². The van der Waals surface area contributed by atoms with E-state index in [0.717, 1.165) is 17.6 Å². The van der Waals surface area contributed by atoms with Crippen LogP contribution in [-0.2, 0) is 15.3 Å². The summed E-state index contributed by atoms with van der Waals surface area (Å²) >= 11 is 1.51. The molecule has 0 spiro atoms. The number of carbonyl (C=O) groups excluding carboxylic acids is 1. The van der Waals surface area contributed by atoms with Crippen molar-refractivity contribution in [3.8, 4) is 0 Å². The van der Waals surface area contributed by atoms with Gasteiger partial charge in [0.05, 0.1) is 18.1 Å². The standard InChI is InChI=1S/C10H12O3S/c1-2-10(12-3-4-13-10)9-5-8(6-11)7-14-9/h5-7H,2-4H2,1H3. The van der Waals surface area contributed by atoms with Crippen LogP contribution in [0.25, 0.3) is 0 Å². The van der Waals surface area contributed by atoms with Crippen LogP contribution < -0.4 is 0 Å². The smallest absolute Gasteiger partial charge is 0.204 e. The van der Waals surface area contributed by atoms with Crippen LogP contribution in [0.3, 0.4) is 0 Å². The number of thiophene rings is 1. The number of hydrogen-bond acceptors (Lipinski definition) is 4. The zero-order chi connectivity index (χ0) is 10.0. The molecule has 2 rings (SSSR count). The van der Waals surface area contributed by atoms with Crippen LogP contribution >= 0.6 is 11.3 Å². The first-order chi connectivity index (χ1) is 6.80. The molecular weight excluding hydrogens is 200 g/mol. The van der Waals surface area contributed by atoms with Crippen LogP contribution in [-0.4, -0.2) is 19.5 Å². The lowest BCUT2D eigenvalue weighted by atomic mass is 10.1. The van der Waals surface area contributed by atoms with Gasteiger partial charge < -0.3 is 9.47 Å². The molecule has 0 bridgehead atoms. The molecule has 1 saturated heterocycles. The first-order valence-electron chi connectivity index (χ1n) is 4.63. The minimum atomic E-state index is -0.591. The zero-order valence-electron chi connectivity index (χ0n) is 7.99. The highest BCUT2D eigenvalue weighted by atomic mass is 32.1. The third-order valence-electron chi connectivity index (χ3n) is 2.35. The molecule has 1 fully saturated rings. The summed E-state index contributed by atoms with van der Waals surface area (Å²) in [5.74, 6) is -0.591. The molecule has 14 heavy (non-hydrogen) atoms. The summed E-state index contributed by atoms with van der Waals surface area (Å²) in [4.78, 5) is 11.5. The molecule has 0 N–H and O–H groups in total. The highest BCUT2D eigenvalue weighted by molar-refractivity contribution is 7.10. The van der Waals surface area contributed by atoms with Crippen LogP contribution in [0.15, 0.2) is 11.4 Å². The number of rotatable bonds is 3. The molecule has 2 heterocycles. The molecule has 0 amide bonds. The van der Waals surface area contributed by atoms with Crippen LogP contribution in [0.4, 0.5) is 0 Å². The lowest BCUT2D eigenvalue weighted by Gasteiger charge is -2.24. The van der Waals surface area contributed by atoms with Crippen LogP contribution in [0.5, 0.6) is 0 Å². The van der Waals surface area contributed by atoms with Gasteiger partial charge in [0.25, 0.3) is 0 Å². The fourth-order valence-corrected chi connectivity index (χ4v) is 2.62. The Kier molecular flexibility index (Phi) is 2.67. The van der Waals surface area contributed by atoms with Crippen molar-refractivity contribution in [2.45, 2.75) is 19.1 Å². The van der Waals surface area contributed by atoms with E-state index in [1.165, 1.54) is 11.3 Å². The minimum absolute atomic E-state index is 0.591. The van der Waals surface area contributed by atoms with E-state index >= 15 is 0 Å². The van der Waals surface area contributed by atoms with E-state index in [9.17, 15) is 4.79 Å². The van der Waals surface area contributed by atoms with Gasteiger partial charge in [-0.1, -0.05) is 6.92 Å². The Morgan fingerprint density at radius 2 is 2.29 bits per heavy atom. The molecule has 3 nitrogen and oxygen atoms in total.